The Labute approximate surface area is 252 Å². The number of hydrogen-bond donors (Lipinski definition) is 2. The van der Waals surface area contributed by atoms with Gasteiger partial charge in [-0.2, -0.15) is 5.10 Å². The number of fused-ring (bicyclic) bond motifs is 1. The molecule has 2 N–H and O–H groups in total. The highest BCUT2D eigenvalue weighted by molar-refractivity contribution is 7.86. The summed E-state index contributed by atoms with van der Waals surface area (Å²) in [5.74, 6) is 1.94. The molecule has 1 fully saturated rings. The molecular formula is C29H37N9O4S. The van der Waals surface area contributed by atoms with Crippen LogP contribution in [-0.2, 0) is 15.5 Å². The summed E-state index contributed by atoms with van der Waals surface area (Å²) in [6, 6.07) is 3.71. The number of aromatic nitrogens is 6. The van der Waals surface area contributed by atoms with Crippen LogP contribution in [0.5, 0.6) is 5.75 Å². The van der Waals surface area contributed by atoms with E-state index < -0.39 is 21.5 Å². The SMILES string of the molecule is COC(=O)c1cnc(N2CCN(CCOc3cc4ncnc(Nc5n[nH]c(C)c5C)c4cc3S(=O)C(C)(C)C)CC2)nc1. The summed E-state index contributed by atoms with van der Waals surface area (Å²) < 4.78 is 24.2. The van der Waals surface area contributed by atoms with Crippen molar-refractivity contribution in [2.24, 2.45) is 0 Å². The smallest absolute Gasteiger partial charge is 0.341 e. The van der Waals surface area contributed by atoms with Crippen molar-refractivity contribution in [3.63, 3.8) is 0 Å². The molecule has 0 amide bonds. The average Bonchev–Trinajstić information content (AvgIpc) is 3.32. The number of nitrogens with zero attached hydrogens (tertiary/aromatic N) is 7. The molecule has 0 radical (unpaired) electrons. The quantitative estimate of drug-likeness (QED) is 0.268. The number of nitrogens with one attached hydrogen (secondary N) is 2. The van der Waals surface area contributed by atoms with Gasteiger partial charge in [-0.1, -0.05) is 0 Å². The van der Waals surface area contributed by atoms with Gasteiger partial charge in [-0.3, -0.25) is 14.2 Å². The standard InChI is InChI=1S/C29H37N9O4S/c1-18-19(2)35-36-25(18)34-26-21-13-24(43(40)29(3,4)5)23(14-22(21)32-17-33-26)42-12-11-37-7-9-38(10-8-37)28-30-15-20(16-31-28)27(39)41-6/h13-17H,7-12H2,1-6H3,(H2,32,33,34,35,36). The lowest BCUT2D eigenvalue weighted by molar-refractivity contribution is 0.0599. The summed E-state index contributed by atoms with van der Waals surface area (Å²) in [7, 11) is -0.0258. The van der Waals surface area contributed by atoms with Gasteiger partial charge in [-0.15, -0.1) is 0 Å². The zero-order valence-corrected chi connectivity index (χ0v) is 26.1. The van der Waals surface area contributed by atoms with E-state index in [-0.39, 0.29) is 0 Å². The Morgan fingerprint density at radius 1 is 1.05 bits per heavy atom. The predicted molar refractivity (Wildman–Crippen MR) is 165 cm³/mol. The number of anilines is 3. The number of aromatic amines is 1. The van der Waals surface area contributed by atoms with Crippen LogP contribution in [0.4, 0.5) is 17.6 Å². The Balaban J connectivity index is 1.27. The van der Waals surface area contributed by atoms with Crippen molar-refractivity contribution in [2.75, 3.05) is 56.7 Å². The van der Waals surface area contributed by atoms with Gasteiger partial charge in [0, 0.05) is 72.6 Å². The van der Waals surface area contributed by atoms with Crippen LogP contribution < -0.4 is 15.0 Å². The van der Waals surface area contributed by atoms with Gasteiger partial charge in [0.1, 0.15) is 24.5 Å². The lowest BCUT2D eigenvalue weighted by Crippen LogP contribution is -2.48. The van der Waals surface area contributed by atoms with E-state index >= 15 is 0 Å². The average molecular weight is 608 g/mol. The number of ether oxygens (including phenoxy) is 2. The summed E-state index contributed by atoms with van der Waals surface area (Å²) in [4.78, 5) is 34.2. The van der Waals surface area contributed by atoms with Crippen molar-refractivity contribution in [3.8, 4) is 5.75 Å². The van der Waals surface area contributed by atoms with Gasteiger partial charge in [0.25, 0.3) is 0 Å². The molecule has 1 aliphatic rings. The second kappa shape index (κ2) is 12.6. The number of carbonyl (C=O) groups excluding carboxylic acids is 1. The highest BCUT2D eigenvalue weighted by Gasteiger charge is 2.26. The van der Waals surface area contributed by atoms with Crippen LogP contribution in [0.3, 0.4) is 0 Å². The maximum absolute atomic E-state index is 13.7. The summed E-state index contributed by atoms with van der Waals surface area (Å²) in [6.45, 7) is 14.0. The van der Waals surface area contributed by atoms with Crippen LogP contribution in [-0.4, -0.2) is 96.4 Å². The first-order valence-electron chi connectivity index (χ1n) is 14.0. The molecular weight excluding hydrogens is 570 g/mol. The van der Waals surface area contributed by atoms with E-state index in [2.05, 4.69) is 45.2 Å². The number of aryl methyl sites for hydroxylation is 1. The molecule has 0 bridgehead atoms. The first-order chi connectivity index (χ1) is 20.5. The van der Waals surface area contributed by atoms with Crippen LogP contribution >= 0.6 is 0 Å². The summed E-state index contributed by atoms with van der Waals surface area (Å²) >= 11 is 0. The van der Waals surface area contributed by atoms with Crippen molar-refractivity contribution in [3.05, 3.63) is 47.7 Å². The summed E-state index contributed by atoms with van der Waals surface area (Å²) in [5, 5.41) is 11.4. The number of rotatable bonds is 9. The molecule has 3 aromatic heterocycles. The largest absolute Gasteiger partial charge is 0.491 e. The molecule has 14 heteroatoms. The van der Waals surface area contributed by atoms with Crippen LogP contribution in [0, 0.1) is 13.8 Å². The maximum atomic E-state index is 13.7. The van der Waals surface area contributed by atoms with Crippen LogP contribution in [0.1, 0.15) is 42.4 Å². The molecule has 1 unspecified atom stereocenters. The second-order valence-electron chi connectivity index (χ2n) is 11.3. The third-order valence-electron chi connectivity index (χ3n) is 7.33. The number of carbonyl (C=O) groups is 1. The fourth-order valence-electron chi connectivity index (χ4n) is 4.63. The van der Waals surface area contributed by atoms with Crippen LogP contribution in [0.2, 0.25) is 0 Å². The van der Waals surface area contributed by atoms with Gasteiger partial charge >= 0.3 is 5.97 Å². The van der Waals surface area contributed by atoms with Crippen LogP contribution in [0.25, 0.3) is 10.9 Å². The molecule has 0 aliphatic carbocycles. The Kier molecular flexibility index (Phi) is 8.87. The predicted octanol–water partition coefficient (Wildman–Crippen LogP) is 3.40. The Hall–Kier alpha value is -4.17. The molecule has 1 saturated heterocycles. The number of H-pyrrole nitrogens is 1. The topological polar surface area (TPSA) is 151 Å². The van der Waals surface area contributed by atoms with Crippen molar-refractivity contribution >= 4 is 45.3 Å². The number of benzene rings is 1. The van der Waals surface area contributed by atoms with Gasteiger partial charge in [0.15, 0.2) is 5.82 Å². The minimum Gasteiger partial charge on any atom is -0.491 e. The maximum Gasteiger partial charge on any atom is 0.341 e. The van der Waals surface area contributed by atoms with E-state index in [0.717, 1.165) is 42.8 Å². The van der Waals surface area contributed by atoms with Gasteiger partial charge < -0.3 is 19.7 Å². The van der Waals surface area contributed by atoms with E-state index in [9.17, 15) is 9.00 Å². The molecule has 1 aliphatic heterocycles. The van der Waals surface area contributed by atoms with Gasteiger partial charge in [-0.05, 0) is 40.7 Å². The van der Waals surface area contributed by atoms with Crippen molar-refractivity contribution in [1.29, 1.82) is 0 Å². The van der Waals surface area contributed by atoms with Gasteiger partial charge in [0.2, 0.25) is 5.95 Å². The van der Waals surface area contributed by atoms with Gasteiger partial charge in [-0.25, -0.2) is 24.7 Å². The normalized spacial score (nSPS) is 15.0. The van der Waals surface area contributed by atoms with Crippen molar-refractivity contribution in [1.82, 2.24) is 35.0 Å². The molecule has 4 heterocycles. The molecule has 4 aromatic rings. The van der Waals surface area contributed by atoms with E-state index in [1.165, 1.54) is 25.8 Å². The molecule has 13 nitrogen and oxygen atoms in total. The fraction of sp³-hybridized carbons (Fsp3) is 0.448. The minimum absolute atomic E-state index is 0.323. The Morgan fingerprint density at radius 3 is 2.40 bits per heavy atom. The minimum atomic E-state index is -1.36. The monoisotopic (exact) mass is 607 g/mol. The van der Waals surface area contributed by atoms with E-state index in [0.29, 0.717) is 52.5 Å². The van der Waals surface area contributed by atoms with Crippen molar-refractivity contribution < 1.29 is 18.5 Å². The summed E-state index contributed by atoms with van der Waals surface area (Å²) in [5.41, 5.74) is 2.97. The third-order valence-corrected chi connectivity index (χ3v) is 9.16. The molecule has 1 aromatic carbocycles. The number of piperazine rings is 1. The number of methoxy groups -OCH3 is 1. The fourth-order valence-corrected chi connectivity index (χ4v) is 5.82. The Morgan fingerprint density at radius 2 is 1.77 bits per heavy atom. The Bertz CT molecular complexity index is 1630. The number of esters is 1. The first kappa shape index (κ1) is 30.3. The molecule has 0 saturated carbocycles. The lowest BCUT2D eigenvalue weighted by atomic mass is 10.2. The highest BCUT2D eigenvalue weighted by Crippen LogP contribution is 2.35. The lowest BCUT2D eigenvalue weighted by Gasteiger charge is -2.34. The van der Waals surface area contributed by atoms with Gasteiger partial charge in [0.05, 0.1) is 33.9 Å². The van der Waals surface area contributed by atoms with Crippen LogP contribution in [0.15, 0.2) is 35.7 Å². The molecule has 43 heavy (non-hydrogen) atoms. The molecule has 228 valence electrons. The summed E-state index contributed by atoms with van der Waals surface area (Å²) in [6.07, 6.45) is 4.47. The first-order valence-corrected chi connectivity index (χ1v) is 15.2. The number of hydrogen-bond acceptors (Lipinski definition) is 12. The van der Waals surface area contributed by atoms with E-state index in [1.807, 2.05) is 46.8 Å². The highest BCUT2D eigenvalue weighted by atomic mass is 32.2. The van der Waals surface area contributed by atoms with Crippen molar-refractivity contribution in [2.45, 2.75) is 44.3 Å². The van der Waals surface area contributed by atoms with E-state index in [4.69, 9.17) is 9.47 Å². The third kappa shape index (κ3) is 6.75. The zero-order valence-electron chi connectivity index (χ0n) is 25.3. The van der Waals surface area contributed by atoms with E-state index in [1.54, 1.807) is 0 Å². The molecule has 5 rings (SSSR count). The molecule has 0 spiro atoms. The molecule has 1 atom stereocenters. The zero-order chi connectivity index (χ0) is 30.7. The second-order valence-corrected chi connectivity index (χ2v) is 13.5.